The van der Waals surface area contributed by atoms with Gasteiger partial charge in [-0.05, 0) is 50.6 Å². The summed E-state index contributed by atoms with van der Waals surface area (Å²) in [5.74, 6) is 1.75. The molecule has 1 saturated carbocycles. The molecule has 1 heterocycles. The van der Waals surface area contributed by atoms with E-state index in [0.717, 1.165) is 31.8 Å². The number of hydrogen-bond donors (Lipinski definition) is 2. The molecule has 2 fully saturated rings. The van der Waals surface area contributed by atoms with E-state index in [1.54, 1.807) is 0 Å². The molecule has 0 bridgehead atoms. The average molecular weight is 210 g/mol. The lowest BCUT2D eigenvalue weighted by Crippen LogP contribution is -2.30. The summed E-state index contributed by atoms with van der Waals surface area (Å²) < 4.78 is 0. The van der Waals surface area contributed by atoms with Crippen LogP contribution in [0, 0.1) is 11.8 Å². The van der Waals surface area contributed by atoms with Crippen molar-refractivity contribution in [1.82, 2.24) is 10.6 Å². The van der Waals surface area contributed by atoms with Crippen molar-refractivity contribution in [2.24, 2.45) is 11.8 Å². The number of carbonyl (C=O) groups is 1. The van der Waals surface area contributed by atoms with Crippen molar-refractivity contribution in [3.05, 3.63) is 0 Å². The first kappa shape index (κ1) is 10.9. The predicted molar refractivity (Wildman–Crippen MR) is 60.5 cm³/mol. The molecule has 0 radical (unpaired) electrons. The van der Waals surface area contributed by atoms with Crippen molar-refractivity contribution in [2.75, 3.05) is 13.1 Å². The lowest BCUT2D eigenvalue weighted by atomic mass is 9.93. The van der Waals surface area contributed by atoms with E-state index in [1.807, 2.05) is 0 Å². The molecule has 3 heteroatoms. The van der Waals surface area contributed by atoms with Crippen LogP contribution in [0.4, 0.5) is 0 Å². The van der Waals surface area contributed by atoms with Crippen LogP contribution >= 0.6 is 0 Å². The van der Waals surface area contributed by atoms with Crippen LogP contribution in [0.3, 0.4) is 0 Å². The van der Waals surface area contributed by atoms with Gasteiger partial charge in [-0.1, -0.05) is 6.92 Å². The minimum Gasteiger partial charge on any atom is -0.353 e. The third-order valence-electron chi connectivity index (χ3n) is 3.69. The summed E-state index contributed by atoms with van der Waals surface area (Å²) in [5.41, 5.74) is 0. The number of carbonyl (C=O) groups excluding carboxylic acids is 1. The topological polar surface area (TPSA) is 41.1 Å². The Bertz CT molecular complexity index is 224. The van der Waals surface area contributed by atoms with Gasteiger partial charge in [0.2, 0.25) is 5.91 Å². The van der Waals surface area contributed by atoms with E-state index < -0.39 is 0 Å². The van der Waals surface area contributed by atoms with Gasteiger partial charge in [-0.2, -0.15) is 0 Å². The highest BCUT2D eigenvalue weighted by Crippen LogP contribution is 2.29. The zero-order valence-electron chi connectivity index (χ0n) is 9.59. The Kier molecular flexibility index (Phi) is 3.62. The Labute approximate surface area is 92.0 Å². The largest absolute Gasteiger partial charge is 0.353 e. The van der Waals surface area contributed by atoms with Crippen LogP contribution in [0.2, 0.25) is 0 Å². The summed E-state index contributed by atoms with van der Waals surface area (Å²) in [5, 5.41) is 6.44. The molecule has 2 rings (SSSR count). The normalized spacial score (nSPS) is 31.3. The van der Waals surface area contributed by atoms with E-state index in [2.05, 4.69) is 17.6 Å². The summed E-state index contributed by atoms with van der Waals surface area (Å²) in [4.78, 5) is 11.6. The van der Waals surface area contributed by atoms with E-state index >= 15 is 0 Å². The Morgan fingerprint density at radius 2 is 2.07 bits per heavy atom. The molecule has 1 saturated heterocycles. The molecule has 2 atom stereocenters. The van der Waals surface area contributed by atoms with Crippen molar-refractivity contribution < 1.29 is 4.79 Å². The maximum Gasteiger partial charge on any atom is 0.220 e. The van der Waals surface area contributed by atoms with Crippen LogP contribution in [-0.4, -0.2) is 25.0 Å². The van der Waals surface area contributed by atoms with Crippen molar-refractivity contribution in [3.63, 3.8) is 0 Å². The smallest absolute Gasteiger partial charge is 0.220 e. The lowest BCUT2D eigenvalue weighted by molar-refractivity contribution is -0.121. The molecule has 0 aromatic carbocycles. The average Bonchev–Trinajstić information content (AvgIpc) is 2.93. The SMILES string of the molecule is CC1CC1NC(=O)CCC1CCNCC1. The summed E-state index contributed by atoms with van der Waals surface area (Å²) >= 11 is 0. The second-order valence-corrected chi connectivity index (χ2v) is 5.12. The van der Waals surface area contributed by atoms with Gasteiger partial charge in [-0.3, -0.25) is 4.79 Å². The number of amides is 1. The Balaban J connectivity index is 1.57. The van der Waals surface area contributed by atoms with E-state index in [0.29, 0.717) is 12.0 Å². The molecular weight excluding hydrogens is 188 g/mol. The summed E-state index contributed by atoms with van der Waals surface area (Å²) in [6, 6.07) is 0.491. The molecule has 1 aliphatic carbocycles. The Hall–Kier alpha value is -0.570. The van der Waals surface area contributed by atoms with Gasteiger partial charge in [-0.25, -0.2) is 0 Å². The van der Waals surface area contributed by atoms with E-state index in [4.69, 9.17) is 0 Å². The molecular formula is C12H22N2O. The molecule has 2 unspecified atom stereocenters. The third kappa shape index (κ3) is 3.49. The monoisotopic (exact) mass is 210 g/mol. The number of nitrogens with one attached hydrogen (secondary N) is 2. The lowest BCUT2D eigenvalue weighted by Gasteiger charge is -2.22. The number of rotatable bonds is 4. The zero-order chi connectivity index (χ0) is 10.7. The third-order valence-corrected chi connectivity index (χ3v) is 3.69. The second kappa shape index (κ2) is 4.97. The first-order valence-electron chi connectivity index (χ1n) is 6.26. The Morgan fingerprint density at radius 3 is 2.67 bits per heavy atom. The quantitative estimate of drug-likeness (QED) is 0.734. The van der Waals surface area contributed by atoms with Gasteiger partial charge in [0.1, 0.15) is 0 Å². The Morgan fingerprint density at radius 1 is 1.40 bits per heavy atom. The first-order valence-corrected chi connectivity index (χ1v) is 6.26. The van der Waals surface area contributed by atoms with Crippen molar-refractivity contribution in [3.8, 4) is 0 Å². The van der Waals surface area contributed by atoms with Crippen LogP contribution in [-0.2, 0) is 4.79 Å². The van der Waals surface area contributed by atoms with Gasteiger partial charge in [0.15, 0.2) is 0 Å². The van der Waals surface area contributed by atoms with Crippen molar-refractivity contribution in [2.45, 2.75) is 45.1 Å². The van der Waals surface area contributed by atoms with Crippen LogP contribution in [0.25, 0.3) is 0 Å². The van der Waals surface area contributed by atoms with Crippen molar-refractivity contribution >= 4 is 5.91 Å². The fraction of sp³-hybridized carbons (Fsp3) is 0.917. The molecule has 3 nitrogen and oxygen atoms in total. The standard InChI is InChI=1S/C12H22N2O/c1-9-8-11(9)14-12(15)3-2-10-4-6-13-7-5-10/h9-11,13H,2-8H2,1H3,(H,14,15). The van der Waals surface area contributed by atoms with Crippen LogP contribution in [0.5, 0.6) is 0 Å². The van der Waals surface area contributed by atoms with Gasteiger partial charge in [-0.15, -0.1) is 0 Å². The van der Waals surface area contributed by atoms with Crippen molar-refractivity contribution in [1.29, 1.82) is 0 Å². The van der Waals surface area contributed by atoms with E-state index in [-0.39, 0.29) is 5.91 Å². The van der Waals surface area contributed by atoms with Gasteiger partial charge in [0.25, 0.3) is 0 Å². The van der Waals surface area contributed by atoms with Crippen LogP contribution in [0.1, 0.15) is 39.0 Å². The molecule has 2 N–H and O–H groups in total. The van der Waals surface area contributed by atoms with Gasteiger partial charge in [0, 0.05) is 12.5 Å². The van der Waals surface area contributed by atoms with Gasteiger partial charge >= 0.3 is 0 Å². The van der Waals surface area contributed by atoms with E-state index in [9.17, 15) is 4.79 Å². The molecule has 86 valence electrons. The highest BCUT2D eigenvalue weighted by Gasteiger charge is 2.33. The fourth-order valence-electron chi connectivity index (χ4n) is 2.31. The first-order chi connectivity index (χ1) is 7.25. The molecule has 1 aliphatic heterocycles. The number of hydrogen-bond acceptors (Lipinski definition) is 2. The minimum atomic E-state index is 0.267. The van der Waals surface area contributed by atoms with Gasteiger partial charge in [0.05, 0.1) is 0 Å². The minimum absolute atomic E-state index is 0.267. The summed E-state index contributed by atoms with van der Waals surface area (Å²) in [7, 11) is 0. The molecule has 1 amide bonds. The maximum absolute atomic E-state index is 11.6. The fourth-order valence-corrected chi connectivity index (χ4v) is 2.31. The van der Waals surface area contributed by atoms with Crippen LogP contribution in [0.15, 0.2) is 0 Å². The maximum atomic E-state index is 11.6. The van der Waals surface area contributed by atoms with E-state index in [1.165, 1.54) is 19.3 Å². The second-order valence-electron chi connectivity index (χ2n) is 5.12. The number of piperidine rings is 1. The van der Waals surface area contributed by atoms with Crippen LogP contribution < -0.4 is 10.6 Å². The highest BCUT2D eigenvalue weighted by molar-refractivity contribution is 5.76. The molecule has 0 spiro atoms. The highest BCUT2D eigenvalue weighted by atomic mass is 16.1. The molecule has 0 aromatic heterocycles. The molecule has 0 aromatic rings. The zero-order valence-corrected chi connectivity index (χ0v) is 9.59. The predicted octanol–water partition coefficient (Wildman–Crippen LogP) is 1.29. The molecule has 15 heavy (non-hydrogen) atoms. The molecule has 2 aliphatic rings. The van der Waals surface area contributed by atoms with Gasteiger partial charge < -0.3 is 10.6 Å². The summed E-state index contributed by atoms with van der Waals surface area (Å²) in [6.45, 7) is 4.45. The summed E-state index contributed by atoms with van der Waals surface area (Å²) in [6.07, 6.45) is 5.47.